The topological polar surface area (TPSA) is 41.1 Å². The van der Waals surface area contributed by atoms with Crippen LogP contribution >= 0.6 is 11.6 Å². The first-order valence-electron chi connectivity index (χ1n) is 8.16. The predicted octanol–water partition coefficient (Wildman–Crippen LogP) is 3.68. The Labute approximate surface area is 146 Å². The second-order valence-electron chi connectivity index (χ2n) is 6.04. The fraction of sp³-hybridized carbons (Fsp3) is 0.316. The minimum atomic E-state index is -0.387. The van der Waals surface area contributed by atoms with Crippen molar-refractivity contribution in [3.8, 4) is 0 Å². The van der Waals surface area contributed by atoms with Gasteiger partial charge in [-0.25, -0.2) is 4.39 Å². The van der Waals surface area contributed by atoms with Gasteiger partial charge in [0.2, 0.25) is 5.91 Å². The first-order chi connectivity index (χ1) is 11.6. The van der Waals surface area contributed by atoms with Crippen LogP contribution in [0.1, 0.15) is 30.0 Å². The van der Waals surface area contributed by atoms with E-state index in [9.17, 15) is 9.18 Å². The molecule has 0 spiro atoms. The normalized spacial score (nSPS) is 16.6. The van der Waals surface area contributed by atoms with Crippen molar-refractivity contribution in [1.82, 2.24) is 10.6 Å². The second kappa shape index (κ2) is 7.77. The Kier molecular flexibility index (Phi) is 5.48. The molecule has 24 heavy (non-hydrogen) atoms. The molecule has 1 saturated heterocycles. The molecule has 0 bridgehead atoms. The molecule has 0 aromatic heterocycles. The maximum absolute atomic E-state index is 13.3. The van der Waals surface area contributed by atoms with E-state index < -0.39 is 0 Å². The summed E-state index contributed by atoms with van der Waals surface area (Å²) < 4.78 is 13.3. The van der Waals surface area contributed by atoms with E-state index in [2.05, 4.69) is 10.6 Å². The van der Waals surface area contributed by atoms with E-state index in [1.165, 1.54) is 12.1 Å². The van der Waals surface area contributed by atoms with E-state index in [1.54, 1.807) is 18.2 Å². The van der Waals surface area contributed by atoms with E-state index in [0.29, 0.717) is 5.02 Å². The average molecular weight is 347 g/mol. The van der Waals surface area contributed by atoms with Crippen LogP contribution in [-0.4, -0.2) is 19.0 Å². The summed E-state index contributed by atoms with van der Waals surface area (Å²) in [5.74, 6) is -0.288. The highest BCUT2D eigenvalue weighted by Crippen LogP contribution is 2.29. The highest BCUT2D eigenvalue weighted by atomic mass is 35.5. The first kappa shape index (κ1) is 16.9. The quantitative estimate of drug-likeness (QED) is 0.886. The zero-order valence-corrected chi connectivity index (χ0v) is 14.0. The van der Waals surface area contributed by atoms with Gasteiger partial charge in [-0.2, -0.15) is 0 Å². The summed E-state index contributed by atoms with van der Waals surface area (Å²) in [6.45, 7) is 1.71. The van der Waals surface area contributed by atoms with Crippen molar-refractivity contribution < 1.29 is 9.18 Å². The summed E-state index contributed by atoms with van der Waals surface area (Å²) in [7, 11) is 0. The average Bonchev–Trinajstić information content (AvgIpc) is 2.62. The second-order valence-corrected chi connectivity index (χ2v) is 6.45. The Morgan fingerprint density at radius 1 is 1.12 bits per heavy atom. The van der Waals surface area contributed by atoms with E-state index in [0.717, 1.165) is 37.1 Å². The van der Waals surface area contributed by atoms with E-state index >= 15 is 0 Å². The van der Waals surface area contributed by atoms with Gasteiger partial charge in [0.25, 0.3) is 0 Å². The summed E-state index contributed by atoms with van der Waals surface area (Å²) >= 11 is 6.33. The molecule has 2 aromatic carbocycles. The molecule has 2 aromatic rings. The van der Waals surface area contributed by atoms with Crippen molar-refractivity contribution in [3.63, 3.8) is 0 Å². The van der Waals surface area contributed by atoms with Crippen molar-refractivity contribution in [2.24, 2.45) is 5.92 Å². The molecule has 126 valence electrons. The SMILES string of the molecule is O=C(NC(c1ccc(F)cc1)c1ccccc1Cl)C1CCNCC1. The molecule has 5 heteroatoms. The fourth-order valence-electron chi connectivity index (χ4n) is 3.05. The van der Waals surface area contributed by atoms with Crippen molar-refractivity contribution >= 4 is 17.5 Å². The Balaban J connectivity index is 1.88. The number of piperidine rings is 1. The monoisotopic (exact) mass is 346 g/mol. The third kappa shape index (κ3) is 3.94. The summed E-state index contributed by atoms with van der Waals surface area (Å²) in [6.07, 6.45) is 1.65. The smallest absolute Gasteiger partial charge is 0.223 e. The molecular formula is C19H20ClFN2O. The third-order valence-electron chi connectivity index (χ3n) is 4.42. The molecular weight excluding hydrogens is 327 g/mol. The van der Waals surface area contributed by atoms with Gasteiger partial charge in [0.05, 0.1) is 6.04 Å². The van der Waals surface area contributed by atoms with Crippen LogP contribution in [0.15, 0.2) is 48.5 Å². The van der Waals surface area contributed by atoms with Crippen LogP contribution in [0.25, 0.3) is 0 Å². The Bertz CT molecular complexity index is 699. The van der Waals surface area contributed by atoms with Gasteiger partial charge >= 0.3 is 0 Å². The molecule has 1 atom stereocenters. The van der Waals surface area contributed by atoms with E-state index in [1.807, 2.05) is 18.2 Å². The minimum absolute atomic E-state index is 0.00307. The lowest BCUT2D eigenvalue weighted by molar-refractivity contribution is -0.126. The number of amides is 1. The number of carbonyl (C=O) groups is 1. The van der Waals surface area contributed by atoms with Crippen LogP contribution in [-0.2, 0) is 4.79 Å². The number of hydrogen-bond acceptors (Lipinski definition) is 2. The van der Waals surface area contributed by atoms with Crippen LogP contribution < -0.4 is 10.6 Å². The molecule has 1 aliphatic rings. The number of benzene rings is 2. The van der Waals surface area contributed by atoms with Gasteiger partial charge in [0.1, 0.15) is 5.82 Å². The summed E-state index contributed by atoms with van der Waals surface area (Å²) in [5, 5.41) is 6.95. The number of rotatable bonds is 4. The number of nitrogens with one attached hydrogen (secondary N) is 2. The molecule has 0 saturated carbocycles. The van der Waals surface area contributed by atoms with Crippen molar-refractivity contribution in [2.45, 2.75) is 18.9 Å². The highest BCUT2D eigenvalue weighted by molar-refractivity contribution is 6.31. The van der Waals surface area contributed by atoms with Crippen molar-refractivity contribution in [1.29, 1.82) is 0 Å². The molecule has 1 heterocycles. The van der Waals surface area contributed by atoms with Crippen LogP contribution in [0, 0.1) is 11.7 Å². The lowest BCUT2D eigenvalue weighted by atomic mass is 9.94. The Hall–Kier alpha value is -1.91. The Morgan fingerprint density at radius 2 is 1.79 bits per heavy atom. The van der Waals surface area contributed by atoms with Gasteiger partial charge in [0.15, 0.2) is 0 Å². The zero-order valence-electron chi connectivity index (χ0n) is 13.3. The summed E-state index contributed by atoms with van der Waals surface area (Å²) in [5.41, 5.74) is 1.62. The molecule has 1 aliphatic heterocycles. The predicted molar refractivity (Wildman–Crippen MR) is 93.4 cm³/mol. The number of halogens is 2. The standard InChI is InChI=1S/C19H20ClFN2O/c20-17-4-2-1-3-16(17)18(13-5-7-15(21)8-6-13)23-19(24)14-9-11-22-12-10-14/h1-8,14,18,22H,9-12H2,(H,23,24). The molecule has 3 nitrogen and oxygen atoms in total. The molecule has 0 aliphatic carbocycles. The molecule has 1 fully saturated rings. The van der Waals surface area contributed by atoms with E-state index in [4.69, 9.17) is 11.6 Å². The number of carbonyl (C=O) groups excluding carboxylic acids is 1. The maximum atomic E-state index is 13.3. The molecule has 2 N–H and O–H groups in total. The lowest BCUT2D eigenvalue weighted by Gasteiger charge is -2.26. The molecule has 3 rings (SSSR count). The lowest BCUT2D eigenvalue weighted by Crippen LogP contribution is -2.40. The van der Waals surface area contributed by atoms with Gasteiger partial charge in [0, 0.05) is 10.9 Å². The first-order valence-corrected chi connectivity index (χ1v) is 8.54. The largest absolute Gasteiger partial charge is 0.345 e. The molecule has 0 radical (unpaired) electrons. The van der Waals surface area contributed by atoms with Gasteiger partial charge < -0.3 is 10.6 Å². The van der Waals surface area contributed by atoms with Gasteiger partial charge in [-0.1, -0.05) is 41.9 Å². The van der Waals surface area contributed by atoms with Crippen LogP contribution in [0.2, 0.25) is 5.02 Å². The van der Waals surface area contributed by atoms with Gasteiger partial charge in [-0.3, -0.25) is 4.79 Å². The molecule has 1 unspecified atom stereocenters. The van der Waals surface area contributed by atoms with Gasteiger partial charge in [-0.05, 0) is 55.3 Å². The third-order valence-corrected chi connectivity index (χ3v) is 4.76. The molecule has 1 amide bonds. The maximum Gasteiger partial charge on any atom is 0.223 e. The Morgan fingerprint density at radius 3 is 2.46 bits per heavy atom. The fourth-order valence-corrected chi connectivity index (χ4v) is 3.29. The van der Waals surface area contributed by atoms with Crippen molar-refractivity contribution in [2.75, 3.05) is 13.1 Å². The van der Waals surface area contributed by atoms with Crippen LogP contribution in [0.5, 0.6) is 0 Å². The summed E-state index contributed by atoms with van der Waals surface area (Å²) in [6, 6.07) is 13.2. The summed E-state index contributed by atoms with van der Waals surface area (Å²) in [4.78, 5) is 12.7. The highest BCUT2D eigenvalue weighted by Gasteiger charge is 2.25. The minimum Gasteiger partial charge on any atom is -0.345 e. The zero-order chi connectivity index (χ0) is 16.9. The van der Waals surface area contributed by atoms with Crippen molar-refractivity contribution in [3.05, 3.63) is 70.5 Å². The van der Waals surface area contributed by atoms with Crippen LogP contribution in [0.4, 0.5) is 4.39 Å². The van der Waals surface area contributed by atoms with Crippen LogP contribution in [0.3, 0.4) is 0 Å². The number of hydrogen-bond donors (Lipinski definition) is 2. The van der Waals surface area contributed by atoms with E-state index in [-0.39, 0.29) is 23.7 Å². The van der Waals surface area contributed by atoms with Gasteiger partial charge in [-0.15, -0.1) is 0 Å².